The first kappa shape index (κ1) is 34.9. The molecule has 0 atom stereocenters. The van der Waals surface area contributed by atoms with Crippen molar-refractivity contribution in [3.8, 4) is 27.9 Å². The van der Waals surface area contributed by atoms with Gasteiger partial charge in [-0.05, 0) is 100 Å². The van der Waals surface area contributed by atoms with Gasteiger partial charge in [0.25, 0.3) is 0 Å². The van der Waals surface area contributed by atoms with E-state index in [0.29, 0.717) is 0 Å². The number of benzene rings is 10. The number of rotatable bonds is 6. The number of furan rings is 1. The first-order chi connectivity index (χ1) is 30.7. The monoisotopic (exact) mass is 808 g/mol. The quantitative estimate of drug-likeness (QED) is 0.167. The summed E-state index contributed by atoms with van der Waals surface area (Å²) in [6, 6.07) is 79.1. The highest BCUT2D eigenvalue weighted by Gasteiger charge is 2.21. The Labute approximate surface area is 361 Å². The second-order valence-electron chi connectivity index (χ2n) is 16.0. The largest absolute Gasteiger partial charge is 0.455 e. The predicted octanol–water partition coefficient (Wildman–Crippen LogP) is 17.0. The van der Waals surface area contributed by atoms with Crippen LogP contribution in [0.15, 0.2) is 223 Å². The fourth-order valence-electron chi connectivity index (χ4n) is 9.74. The van der Waals surface area contributed by atoms with Crippen LogP contribution < -0.4 is 4.90 Å². The Bertz CT molecular complexity index is 3820. The zero-order valence-electron chi connectivity index (χ0n) is 33.5. The first-order valence-electron chi connectivity index (χ1n) is 21.1. The van der Waals surface area contributed by atoms with Crippen LogP contribution in [0.1, 0.15) is 0 Å². The molecule has 10 aromatic carbocycles. The summed E-state index contributed by atoms with van der Waals surface area (Å²) in [4.78, 5) is 2.38. The number of para-hydroxylation sites is 2. The molecule has 290 valence electrons. The van der Waals surface area contributed by atoms with Crippen LogP contribution in [-0.4, -0.2) is 4.57 Å². The molecule has 0 N–H and O–H groups in total. The molecule has 0 unspecified atom stereocenters. The number of hydrogen-bond donors (Lipinski definition) is 0. The van der Waals surface area contributed by atoms with Crippen LogP contribution in [0.2, 0.25) is 0 Å². The van der Waals surface area contributed by atoms with Crippen molar-refractivity contribution in [1.29, 1.82) is 0 Å². The average molecular weight is 809 g/mol. The molecule has 0 fully saturated rings. The van der Waals surface area contributed by atoms with Crippen molar-refractivity contribution < 1.29 is 4.42 Å². The predicted molar refractivity (Wildman–Crippen MR) is 264 cm³/mol. The van der Waals surface area contributed by atoms with Gasteiger partial charge < -0.3 is 13.9 Å². The number of nitrogens with zero attached hydrogens (tertiary/aromatic N) is 2. The van der Waals surface area contributed by atoms with Crippen LogP contribution >= 0.6 is 11.3 Å². The summed E-state index contributed by atoms with van der Waals surface area (Å²) < 4.78 is 11.7. The molecule has 0 spiro atoms. The second kappa shape index (κ2) is 13.8. The smallest absolute Gasteiger partial charge is 0.143 e. The Morgan fingerprint density at radius 1 is 0.419 bits per heavy atom. The van der Waals surface area contributed by atoms with Crippen LogP contribution in [-0.2, 0) is 0 Å². The summed E-state index contributed by atoms with van der Waals surface area (Å²) in [5.41, 5.74) is 13.3. The number of thiophene rings is 1. The highest BCUT2D eigenvalue weighted by molar-refractivity contribution is 7.26. The Hall–Kier alpha value is -7.92. The Kier molecular flexibility index (Phi) is 7.78. The van der Waals surface area contributed by atoms with Gasteiger partial charge in [0.2, 0.25) is 0 Å². The summed E-state index contributed by atoms with van der Waals surface area (Å²) in [6.07, 6.45) is 0. The lowest BCUT2D eigenvalue weighted by molar-refractivity contribution is 0.672. The van der Waals surface area contributed by atoms with Crippen molar-refractivity contribution in [2.75, 3.05) is 4.90 Å². The molecule has 13 rings (SSSR count). The topological polar surface area (TPSA) is 21.3 Å². The lowest BCUT2D eigenvalue weighted by Crippen LogP contribution is -2.10. The zero-order chi connectivity index (χ0) is 40.7. The number of anilines is 3. The van der Waals surface area contributed by atoms with Gasteiger partial charge in [-0.25, -0.2) is 0 Å². The Balaban J connectivity index is 0.951. The van der Waals surface area contributed by atoms with Gasteiger partial charge in [0, 0.05) is 58.8 Å². The molecule has 0 saturated heterocycles. The van der Waals surface area contributed by atoms with Gasteiger partial charge in [0.15, 0.2) is 0 Å². The van der Waals surface area contributed by atoms with E-state index in [4.69, 9.17) is 4.42 Å². The van der Waals surface area contributed by atoms with E-state index in [1.165, 1.54) is 58.5 Å². The van der Waals surface area contributed by atoms with E-state index in [1.54, 1.807) is 0 Å². The van der Waals surface area contributed by atoms with E-state index in [-0.39, 0.29) is 0 Å². The molecule has 0 aliphatic rings. The standard InChI is InChI=1S/C58H36N2OS/c1-2-15-44-38(12-1)30-35-50-56-53(23-11-24-54(56)61-57(44)50)59(42-33-28-39(29-34-42)45-19-10-20-49-48-18-5-8-25-55(48)62-58(45)49)41-31-26-37(27-32-41)40-13-9-14-43(36-40)60-51-21-6-3-16-46(51)47-17-4-7-22-52(47)60/h1-36H. The normalized spacial score (nSPS) is 11.9. The van der Waals surface area contributed by atoms with Gasteiger partial charge in [-0.1, -0.05) is 146 Å². The van der Waals surface area contributed by atoms with Crippen LogP contribution in [0.25, 0.3) is 103 Å². The van der Waals surface area contributed by atoms with E-state index < -0.39 is 0 Å². The molecule has 0 amide bonds. The third-order valence-electron chi connectivity index (χ3n) is 12.6. The summed E-state index contributed by atoms with van der Waals surface area (Å²) in [5, 5.41) is 9.62. The minimum atomic E-state index is 0.866. The minimum absolute atomic E-state index is 0.866. The SMILES string of the molecule is c1cc(-c2ccc(N(c3ccc(-c4cccc5c4sc4ccccc45)cc3)c3cccc4oc5c6ccccc6ccc5c34)cc2)cc(-n2c3ccccc3c3ccccc32)c1. The molecule has 0 bridgehead atoms. The third-order valence-corrected chi connectivity index (χ3v) is 13.8. The van der Waals surface area contributed by atoms with Crippen molar-refractivity contribution in [2.45, 2.75) is 0 Å². The maximum atomic E-state index is 6.72. The fourth-order valence-corrected chi connectivity index (χ4v) is 11.0. The lowest BCUT2D eigenvalue weighted by atomic mass is 10.0. The molecule has 0 aliphatic carbocycles. The number of fused-ring (bicyclic) bond motifs is 11. The molecule has 4 heteroatoms. The van der Waals surface area contributed by atoms with Gasteiger partial charge in [-0.15, -0.1) is 11.3 Å². The first-order valence-corrected chi connectivity index (χ1v) is 21.9. The van der Waals surface area contributed by atoms with Crippen molar-refractivity contribution in [1.82, 2.24) is 4.57 Å². The molecule has 0 saturated carbocycles. The summed E-state index contributed by atoms with van der Waals surface area (Å²) in [6.45, 7) is 0. The zero-order valence-corrected chi connectivity index (χ0v) is 34.3. The highest BCUT2D eigenvalue weighted by atomic mass is 32.1. The molecule has 3 nitrogen and oxygen atoms in total. The van der Waals surface area contributed by atoms with Crippen LogP contribution in [0.4, 0.5) is 17.1 Å². The minimum Gasteiger partial charge on any atom is -0.455 e. The van der Waals surface area contributed by atoms with Gasteiger partial charge >= 0.3 is 0 Å². The maximum absolute atomic E-state index is 6.72. The average Bonchev–Trinajstić information content (AvgIpc) is 4.03. The number of hydrogen-bond acceptors (Lipinski definition) is 3. The van der Waals surface area contributed by atoms with E-state index in [0.717, 1.165) is 61.2 Å². The van der Waals surface area contributed by atoms with Crippen molar-refractivity contribution in [3.05, 3.63) is 218 Å². The van der Waals surface area contributed by atoms with Gasteiger partial charge in [0.1, 0.15) is 11.2 Å². The fraction of sp³-hybridized carbons (Fsp3) is 0. The second-order valence-corrected chi connectivity index (χ2v) is 17.1. The van der Waals surface area contributed by atoms with Gasteiger partial charge in [-0.3, -0.25) is 0 Å². The Morgan fingerprint density at radius 3 is 1.82 bits per heavy atom. The van der Waals surface area contributed by atoms with Gasteiger partial charge in [0.05, 0.1) is 22.1 Å². The van der Waals surface area contributed by atoms with E-state index in [2.05, 4.69) is 228 Å². The molecule has 0 radical (unpaired) electrons. The Morgan fingerprint density at radius 2 is 1.05 bits per heavy atom. The molecular formula is C58H36N2OS. The lowest BCUT2D eigenvalue weighted by Gasteiger charge is -2.26. The molecule has 62 heavy (non-hydrogen) atoms. The summed E-state index contributed by atoms with van der Waals surface area (Å²) >= 11 is 1.87. The highest BCUT2D eigenvalue weighted by Crippen LogP contribution is 2.46. The molecule has 3 aromatic heterocycles. The van der Waals surface area contributed by atoms with Crippen molar-refractivity contribution >= 4 is 103 Å². The van der Waals surface area contributed by atoms with Crippen molar-refractivity contribution in [2.24, 2.45) is 0 Å². The molecule has 3 heterocycles. The van der Waals surface area contributed by atoms with Crippen LogP contribution in [0, 0.1) is 0 Å². The van der Waals surface area contributed by atoms with E-state index in [9.17, 15) is 0 Å². The van der Waals surface area contributed by atoms with E-state index in [1.807, 2.05) is 11.3 Å². The third kappa shape index (κ3) is 5.37. The summed E-state index contributed by atoms with van der Waals surface area (Å²) in [7, 11) is 0. The van der Waals surface area contributed by atoms with Crippen molar-refractivity contribution in [3.63, 3.8) is 0 Å². The van der Waals surface area contributed by atoms with Crippen LogP contribution in [0.5, 0.6) is 0 Å². The maximum Gasteiger partial charge on any atom is 0.143 e. The number of aromatic nitrogens is 1. The van der Waals surface area contributed by atoms with Crippen LogP contribution in [0.3, 0.4) is 0 Å². The van der Waals surface area contributed by atoms with Gasteiger partial charge in [-0.2, -0.15) is 0 Å². The molecule has 13 aromatic rings. The van der Waals surface area contributed by atoms with E-state index >= 15 is 0 Å². The molecule has 0 aliphatic heterocycles. The summed E-state index contributed by atoms with van der Waals surface area (Å²) in [5.74, 6) is 0. The molecular weight excluding hydrogens is 773 g/mol.